The van der Waals surface area contributed by atoms with E-state index in [2.05, 4.69) is 5.32 Å². The van der Waals surface area contributed by atoms with Crippen molar-refractivity contribution in [2.45, 2.75) is 6.92 Å². The van der Waals surface area contributed by atoms with E-state index in [0.29, 0.717) is 16.3 Å². The molecule has 0 amide bonds. The molecule has 5 nitrogen and oxygen atoms in total. The molecule has 0 aromatic heterocycles. The number of anilines is 1. The molecule has 0 aliphatic rings. The number of halogens is 1. The Morgan fingerprint density at radius 1 is 1.53 bits per heavy atom. The van der Waals surface area contributed by atoms with Gasteiger partial charge in [0.2, 0.25) is 0 Å². The van der Waals surface area contributed by atoms with Gasteiger partial charge in [0, 0.05) is 11.2 Å². The maximum atomic E-state index is 11.4. The standard InChI is InChI=1S/C13H10ClN3O2/c1-2-19-13(18)10(7-16)8-17-12-5-11(14)4-3-9(12)6-15/h3-5,8,17H,2H2,1H3/b10-8+. The molecule has 0 heterocycles. The van der Waals surface area contributed by atoms with E-state index in [1.807, 2.05) is 6.07 Å². The number of nitrogens with zero attached hydrogens (tertiary/aromatic N) is 2. The Hall–Kier alpha value is -2.50. The lowest BCUT2D eigenvalue weighted by molar-refractivity contribution is -0.138. The Bertz CT molecular complexity index is 597. The van der Waals surface area contributed by atoms with Gasteiger partial charge in [0.1, 0.15) is 12.1 Å². The molecule has 0 saturated carbocycles. The van der Waals surface area contributed by atoms with E-state index in [0.717, 1.165) is 0 Å². The number of carbonyl (C=O) groups excluding carboxylic acids is 1. The lowest BCUT2D eigenvalue weighted by atomic mass is 10.2. The highest BCUT2D eigenvalue weighted by Gasteiger charge is 2.10. The van der Waals surface area contributed by atoms with Crippen LogP contribution < -0.4 is 5.32 Å². The van der Waals surface area contributed by atoms with Crippen LogP contribution >= 0.6 is 11.6 Å². The first-order valence-corrected chi connectivity index (χ1v) is 5.73. The van der Waals surface area contributed by atoms with Crippen LogP contribution in [0.4, 0.5) is 5.69 Å². The summed E-state index contributed by atoms with van der Waals surface area (Å²) in [5.74, 6) is -0.724. The molecule has 0 aliphatic carbocycles. The summed E-state index contributed by atoms with van der Waals surface area (Å²) in [5, 5.41) is 20.9. The van der Waals surface area contributed by atoms with Crippen LogP contribution in [-0.4, -0.2) is 12.6 Å². The van der Waals surface area contributed by atoms with E-state index in [1.54, 1.807) is 19.1 Å². The smallest absolute Gasteiger partial charge is 0.350 e. The number of nitrogens with one attached hydrogen (secondary N) is 1. The van der Waals surface area contributed by atoms with Crippen LogP contribution in [0, 0.1) is 22.7 Å². The molecule has 0 fully saturated rings. The van der Waals surface area contributed by atoms with E-state index in [1.165, 1.54) is 18.3 Å². The molecule has 0 bridgehead atoms. The minimum Gasteiger partial charge on any atom is -0.462 e. The summed E-state index contributed by atoms with van der Waals surface area (Å²) in [6, 6.07) is 8.32. The molecule has 1 N–H and O–H groups in total. The second-order valence-electron chi connectivity index (χ2n) is 3.34. The first-order valence-electron chi connectivity index (χ1n) is 5.36. The van der Waals surface area contributed by atoms with Crippen LogP contribution in [0.3, 0.4) is 0 Å². The lowest BCUT2D eigenvalue weighted by Crippen LogP contribution is -2.08. The van der Waals surface area contributed by atoms with Gasteiger partial charge in [0.05, 0.1) is 17.9 Å². The highest BCUT2D eigenvalue weighted by molar-refractivity contribution is 6.30. The SMILES string of the molecule is CCOC(=O)/C(C#N)=C/Nc1cc(Cl)ccc1C#N. The van der Waals surface area contributed by atoms with E-state index in [9.17, 15) is 4.79 Å². The van der Waals surface area contributed by atoms with E-state index in [4.69, 9.17) is 26.9 Å². The van der Waals surface area contributed by atoms with Gasteiger partial charge in [-0.2, -0.15) is 10.5 Å². The lowest BCUT2D eigenvalue weighted by Gasteiger charge is -2.05. The van der Waals surface area contributed by atoms with Crippen molar-refractivity contribution in [3.05, 3.63) is 40.6 Å². The van der Waals surface area contributed by atoms with Gasteiger partial charge in [-0.15, -0.1) is 0 Å². The van der Waals surface area contributed by atoms with Crippen molar-refractivity contribution >= 4 is 23.3 Å². The fraction of sp³-hybridized carbons (Fsp3) is 0.154. The number of hydrogen-bond donors (Lipinski definition) is 1. The molecule has 6 heteroatoms. The molecule has 0 atom stereocenters. The zero-order valence-corrected chi connectivity index (χ0v) is 10.9. The number of hydrogen-bond acceptors (Lipinski definition) is 5. The van der Waals surface area contributed by atoms with Crippen LogP contribution in [0.15, 0.2) is 30.0 Å². The van der Waals surface area contributed by atoms with Crippen molar-refractivity contribution < 1.29 is 9.53 Å². The van der Waals surface area contributed by atoms with E-state index < -0.39 is 5.97 Å². The van der Waals surface area contributed by atoms with Crippen molar-refractivity contribution in [1.82, 2.24) is 0 Å². The van der Waals surface area contributed by atoms with Crippen LogP contribution in [0.1, 0.15) is 12.5 Å². The Balaban J connectivity index is 2.97. The van der Waals surface area contributed by atoms with Crippen LogP contribution in [-0.2, 0) is 9.53 Å². The predicted molar refractivity (Wildman–Crippen MR) is 70.1 cm³/mol. The highest BCUT2D eigenvalue weighted by Crippen LogP contribution is 2.20. The van der Waals surface area contributed by atoms with Gasteiger partial charge in [-0.05, 0) is 25.1 Å². The summed E-state index contributed by atoms with van der Waals surface area (Å²) < 4.78 is 4.70. The minimum atomic E-state index is -0.724. The van der Waals surface area contributed by atoms with Gasteiger partial charge < -0.3 is 10.1 Å². The molecule has 19 heavy (non-hydrogen) atoms. The Morgan fingerprint density at radius 2 is 2.26 bits per heavy atom. The van der Waals surface area contributed by atoms with Gasteiger partial charge in [-0.25, -0.2) is 4.79 Å². The third-order valence-corrected chi connectivity index (χ3v) is 2.32. The monoisotopic (exact) mass is 275 g/mol. The van der Waals surface area contributed by atoms with Gasteiger partial charge in [-0.3, -0.25) is 0 Å². The summed E-state index contributed by atoms with van der Waals surface area (Å²) in [6.07, 6.45) is 1.19. The first kappa shape index (κ1) is 14.6. The summed E-state index contributed by atoms with van der Waals surface area (Å²) in [7, 11) is 0. The normalized spacial score (nSPS) is 10.2. The summed E-state index contributed by atoms with van der Waals surface area (Å²) in [6.45, 7) is 1.82. The third kappa shape index (κ3) is 4.02. The fourth-order valence-electron chi connectivity index (χ4n) is 1.23. The Kier molecular flexibility index (Phi) is 5.40. The second kappa shape index (κ2) is 7.05. The number of benzene rings is 1. The molecule has 0 aliphatic heterocycles. The average Bonchev–Trinajstić information content (AvgIpc) is 2.40. The quantitative estimate of drug-likeness (QED) is 0.518. The molecule has 1 aromatic rings. The highest BCUT2D eigenvalue weighted by atomic mass is 35.5. The first-order chi connectivity index (χ1) is 9.12. The molecule has 0 unspecified atom stereocenters. The second-order valence-corrected chi connectivity index (χ2v) is 3.77. The van der Waals surface area contributed by atoms with Gasteiger partial charge in [0.15, 0.2) is 5.57 Å². The van der Waals surface area contributed by atoms with Crippen molar-refractivity contribution in [2.75, 3.05) is 11.9 Å². The van der Waals surface area contributed by atoms with E-state index >= 15 is 0 Å². The third-order valence-electron chi connectivity index (χ3n) is 2.09. The number of esters is 1. The molecule has 1 aromatic carbocycles. The molecule has 0 radical (unpaired) electrons. The van der Waals surface area contributed by atoms with Crippen LogP contribution in [0.25, 0.3) is 0 Å². The molecular weight excluding hydrogens is 266 g/mol. The average molecular weight is 276 g/mol. The zero-order valence-electron chi connectivity index (χ0n) is 10.1. The van der Waals surface area contributed by atoms with E-state index in [-0.39, 0.29) is 12.2 Å². The van der Waals surface area contributed by atoms with Gasteiger partial charge in [-0.1, -0.05) is 11.6 Å². The van der Waals surface area contributed by atoms with Crippen LogP contribution in [0.2, 0.25) is 5.02 Å². The largest absolute Gasteiger partial charge is 0.462 e. The topological polar surface area (TPSA) is 85.9 Å². The van der Waals surface area contributed by atoms with Crippen molar-refractivity contribution in [2.24, 2.45) is 0 Å². The summed E-state index contributed by atoms with van der Waals surface area (Å²) in [4.78, 5) is 11.4. The minimum absolute atomic E-state index is 0.179. The molecule has 0 saturated heterocycles. The molecule has 0 spiro atoms. The number of ether oxygens (including phenoxy) is 1. The summed E-state index contributed by atoms with van der Waals surface area (Å²) >= 11 is 5.81. The van der Waals surface area contributed by atoms with Crippen molar-refractivity contribution in [3.8, 4) is 12.1 Å². The van der Waals surface area contributed by atoms with Crippen molar-refractivity contribution in [1.29, 1.82) is 10.5 Å². The van der Waals surface area contributed by atoms with Gasteiger partial charge >= 0.3 is 5.97 Å². The number of nitriles is 2. The van der Waals surface area contributed by atoms with Crippen LogP contribution in [0.5, 0.6) is 0 Å². The maximum absolute atomic E-state index is 11.4. The van der Waals surface area contributed by atoms with Crippen molar-refractivity contribution in [3.63, 3.8) is 0 Å². The molecular formula is C13H10ClN3O2. The Labute approximate surface area is 115 Å². The number of rotatable bonds is 4. The fourth-order valence-corrected chi connectivity index (χ4v) is 1.40. The molecule has 1 rings (SSSR count). The summed E-state index contributed by atoms with van der Waals surface area (Å²) in [5.41, 5.74) is 0.569. The zero-order chi connectivity index (χ0) is 14.3. The van der Waals surface area contributed by atoms with Gasteiger partial charge in [0.25, 0.3) is 0 Å². The Morgan fingerprint density at radius 3 is 2.84 bits per heavy atom. The predicted octanol–water partition coefficient (Wildman–Crippen LogP) is 2.59. The number of carbonyl (C=O) groups is 1. The molecule has 96 valence electrons. The maximum Gasteiger partial charge on any atom is 0.350 e.